The molecule has 1 aliphatic rings. The van der Waals surface area contributed by atoms with Crippen molar-refractivity contribution in [1.29, 1.82) is 0 Å². The Kier molecular flexibility index (Phi) is 4.23. The number of aliphatic hydroxyl groups is 1. The maximum absolute atomic E-state index is 13.0. The monoisotopic (exact) mass is 252 g/mol. The smallest absolute Gasteiger partial charge is 0.123 e. The number of rotatable bonds is 5. The molecule has 0 saturated carbocycles. The van der Waals surface area contributed by atoms with Gasteiger partial charge in [-0.25, -0.2) is 4.39 Å². The minimum atomic E-state index is -0.230. The topological polar surface area (TPSA) is 29.5 Å². The Labute approximate surface area is 108 Å². The fraction of sp³-hybridized carbons (Fsp3) is 0.600. The van der Waals surface area contributed by atoms with Crippen LogP contribution >= 0.6 is 0 Å². The van der Waals surface area contributed by atoms with Crippen LogP contribution in [0.5, 0.6) is 5.75 Å². The van der Waals surface area contributed by atoms with Crippen LogP contribution in [0.1, 0.15) is 38.7 Å². The standard InChI is InChI=1S/C15H21FO2/c1-10(2)14(17)5-3-4-13-9-11-8-12(16)6-7-15(11)18-13/h6-8,10,13-14,17H,3-5,9H2,1-2H3. The van der Waals surface area contributed by atoms with Crippen molar-refractivity contribution in [3.8, 4) is 5.75 Å². The Morgan fingerprint density at radius 3 is 2.94 bits per heavy atom. The normalized spacial score (nSPS) is 19.7. The molecule has 3 heteroatoms. The maximum Gasteiger partial charge on any atom is 0.123 e. The Hall–Kier alpha value is -1.09. The van der Waals surface area contributed by atoms with Crippen molar-refractivity contribution in [3.05, 3.63) is 29.6 Å². The first-order valence-electron chi connectivity index (χ1n) is 6.69. The number of benzene rings is 1. The molecule has 2 nitrogen and oxygen atoms in total. The molecule has 0 amide bonds. The maximum atomic E-state index is 13.0. The highest BCUT2D eigenvalue weighted by atomic mass is 19.1. The fourth-order valence-electron chi connectivity index (χ4n) is 2.34. The molecule has 0 spiro atoms. The van der Waals surface area contributed by atoms with E-state index in [1.54, 1.807) is 12.1 Å². The van der Waals surface area contributed by atoms with Crippen LogP contribution in [0.2, 0.25) is 0 Å². The van der Waals surface area contributed by atoms with E-state index in [9.17, 15) is 9.50 Å². The van der Waals surface area contributed by atoms with Crippen molar-refractivity contribution < 1.29 is 14.2 Å². The highest BCUT2D eigenvalue weighted by molar-refractivity contribution is 5.37. The summed E-state index contributed by atoms with van der Waals surface area (Å²) in [6.07, 6.45) is 3.36. The van der Waals surface area contributed by atoms with Gasteiger partial charge in [-0.15, -0.1) is 0 Å². The first kappa shape index (κ1) is 13.3. The number of hydrogen-bond donors (Lipinski definition) is 1. The molecule has 2 rings (SSSR count). The predicted octanol–water partition coefficient (Wildman–Crippen LogP) is 3.32. The lowest BCUT2D eigenvalue weighted by molar-refractivity contribution is 0.108. The first-order valence-corrected chi connectivity index (χ1v) is 6.69. The van der Waals surface area contributed by atoms with Crippen LogP contribution in [0.3, 0.4) is 0 Å². The molecule has 0 saturated heterocycles. The van der Waals surface area contributed by atoms with E-state index in [0.717, 1.165) is 37.0 Å². The largest absolute Gasteiger partial charge is 0.490 e. The first-order chi connectivity index (χ1) is 8.56. The lowest BCUT2D eigenvalue weighted by atomic mass is 9.99. The fourth-order valence-corrected chi connectivity index (χ4v) is 2.34. The summed E-state index contributed by atoms with van der Waals surface area (Å²) in [5, 5.41) is 9.72. The quantitative estimate of drug-likeness (QED) is 0.871. The summed E-state index contributed by atoms with van der Waals surface area (Å²) in [7, 11) is 0. The van der Waals surface area contributed by atoms with Crippen LogP contribution in [0, 0.1) is 11.7 Å². The third-order valence-electron chi connectivity index (χ3n) is 3.56. The van der Waals surface area contributed by atoms with Gasteiger partial charge in [0.1, 0.15) is 17.7 Å². The molecule has 0 fully saturated rings. The van der Waals surface area contributed by atoms with Crippen LogP contribution < -0.4 is 4.74 Å². The second kappa shape index (κ2) is 5.70. The average Bonchev–Trinajstić information content (AvgIpc) is 2.70. The lowest BCUT2D eigenvalue weighted by Crippen LogP contribution is -2.17. The molecule has 0 aliphatic carbocycles. The number of fused-ring (bicyclic) bond motifs is 1. The van der Waals surface area contributed by atoms with Gasteiger partial charge in [-0.2, -0.15) is 0 Å². The summed E-state index contributed by atoms with van der Waals surface area (Å²) in [6.45, 7) is 4.05. The van der Waals surface area contributed by atoms with Crippen LogP contribution in [-0.2, 0) is 6.42 Å². The molecular formula is C15H21FO2. The minimum absolute atomic E-state index is 0.140. The van der Waals surface area contributed by atoms with Gasteiger partial charge in [0.05, 0.1) is 6.10 Å². The van der Waals surface area contributed by atoms with Gasteiger partial charge < -0.3 is 9.84 Å². The van der Waals surface area contributed by atoms with Gasteiger partial charge in [0.15, 0.2) is 0 Å². The van der Waals surface area contributed by atoms with E-state index < -0.39 is 0 Å². The van der Waals surface area contributed by atoms with Crippen LogP contribution in [0.15, 0.2) is 18.2 Å². The molecule has 2 atom stereocenters. The van der Waals surface area contributed by atoms with E-state index in [-0.39, 0.29) is 18.0 Å². The molecule has 0 bridgehead atoms. The number of ether oxygens (including phenoxy) is 1. The molecule has 1 aromatic rings. The third-order valence-corrected chi connectivity index (χ3v) is 3.56. The van der Waals surface area contributed by atoms with Crippen molar-refractivity contribution in [2.75, 3.05) is 0 Å². The van der Waals surface area contributed by atoms with Crippen molar-refractivity contribution >= 4 is 0 Å². The van der Waals surface area contributed by atoms with Crippen LogP contribution in [-0.4, -0.2) is 17.3 Å². The van der Waals surface area contributed by atoms with E-state index >= 15 is 0 Å². The van der Waals surface area contributed by atoms with Crippen molar-refractivity contribution in [1.82, 2.24) is 0 Å². The molecule has 2 unspecified atom stereocenters. The van der Waals surface area contributed by atoms with Crippen molar-refractivity contribution in [3.63, 3.8) is 0 Å². The molecule has 1 aliphatic heterocycles. The highest BCUT2D eigenvalue weighted by Gasteiger charge is 2.23. The van der Waals surface area contributed by atoms with Gasteiger partial charge in [-0.1, -0.05) is 13.8 Å². The predicted molar refractivity (Wildman–Crippen MR) is 69.2 cm³/mol. The molecule has 1 N–H and O–H groups in total. The SMILES string of the molecule is CC(C)C(O)CCCC1Cc2cc(F)ccc2O1. The molecule has 0 radical (unpaired) electrons. The number of aliphatic hydroxyl groups excluding tert-OH is 1. The zero-order valence-corrected chi connectivity index (χ0v) is 11.0. The second-order valence-electron chi connectivity index (χ2n) is 5.44. The van der Waals surface area contributed by atoms with Gasteiger partial charge in [0.2, 0.25) is 0 Å². The molecule has 18 heavy (non-hydrogen) atoms. The minimum Gasteiger partial charge on any atom is -0.490 e. The van der Waals surface area contributed by atoms with Crippen molar-refractivity contribution in [2.24, 2.45) is 5.92 Å². The molecule has 1 heterocycles. The van der Waals surface area contributed by atoms with Gasteiger partial charge in [0, 0.05) is 12.0 Å². The molecule has 0 aromatic heterocycles. The summed E-state index contributed by atoms with van der Waals surface area (Å²) < 4.78 is 18.8. The van der Waals surface area contributed by atoms with Gasteiger partial charge >= 0.3 is 0 Å². The van der Waals surface area contributed by atoms with E-state index in [1.165, 1.54) is 6.07 Å². The zero-order valence-electron chi connectivity index (χ0n) is 11.0. The number of hydrogen-bond acceptors (Lipinski definition) is 2. The summed E-state index contributed by atoms with van der Waals surface area (Å²) in [5.74, 6) is 0.917. The summed E-state index contributed by atoms with van der Waals surface area (Å²) in [5.41, 5.74) is 0.962. The highest BCUT2D eigenvalue weighted by Crippen LogP contribution is 2.31. The third kappa shape index (κ3) is 3.22. The van der Waals surface area contributed by atoms with Crippen LogP contribution in [0.4, 0.5) is 4.39 Å². The van der Waals surface area contributed by atoms with E-state index in [4.69, 9.17) is 4.74 Å². The Bertz CT molecular complexity index is 403. The molecule has 100 valence electrons. The van der Waals surface area contributed by atoms with Gasteiger partial charge in [-0.3, -0.25) is 0 Å². The van der Waals surface area contributed by atoms with Crippen molar-refractivity contribution in [2.45, 2.75) is 51.7 Å². The zero-order chi connectivity index (χ0) is 13.1. The lowest BCUT2D eigenvalue weighted by Gasteiger charge is -2.15. The summed E-state index contributed by atoms with van der Waals surface area (Å²) in [4.78, 5) is 0. The van der Waals surface area contributed by atoms with E-state index in [0.29, 0.717) is 5.92 Å². The Morgan fingerprint density at radius 1 is 1.44 bits per heavy atom. The Morgan fingerprint density at radius 2 is 2.22 bits per heavy atom. The van der Waals surface area contributed by atoms with E-state index in [2.05, 4.69) is 0 Å². The molecule has 1 aromatic carbocycles. The van der Waals surface area contributed by atoms with E-state index in [1.807, 2.05) is 13.8 Å². The van der Waals surface area contributed by atoms with Crippen LogP contribution in [0.25, 0.3) is 0 Å². The summed E-state index contributed by atoms with van der Waals surface area (Å²) in [6, 6.07) is 4.69. The summed E-state index contributed by atoms with van der Waals surface area (Å²) >= 11 is 0. The van der Waals surface area contributed by atoms with Gasteiger partial charge in [0.25, 0.3) is 0 Å². The molecular weight excluding hydrogens is 231 g/mol. The average molecular weight is 252 g/mol. The van der Waals surface area contributed by atoms with Gasteiger partial charge in [-0.05, 0) is 43.4 Å². The second-order valence-corrected chi connectivity index (χ2v) is 5.44. The Balaban J connectivity index is 1.78. The number of halogens is 1.